The molecule has 0 saturated carbocycles. The van der Waals surface area contributed by atoms with Gasteiger partial charge in [-0.05, 0) is 54.3 Å². The van der Waals surface area contributed by atoms with Crippen molar-refractivity contribution in [1.29, 1.82) is 0 Å². The zero-order chi connectivity index (χ0) is 24.7. The topological polar surface area (TPSA) is 76.5 Å². The van der Waals surface area contributed by atoms with Crippen LogP contribution in [0.3, 0.4) is 0 Å². The van der Waals surface area contributed by atoms with Gasteiger partial charge in [0.2, 0.25) is 7.37 Å². The van der Waals surface area contributed by atoms with E-state index < -0.39 is 13.3 Å². The molecule has 34 heavy (non-hydrogen) atoms. The zero-order valence-corrected chi connectivity index (χ0v) is 20.5. The number of halogens is 1. The highest BCUT2D eigenvalue weighted by atomic mass is 31.2. The fourth-order valence-corrected chi connectivity index (χ4v) is 5.11. The van der Waals surface area contributed by atoms with Crippen LogP contribution in [0.5, 0.6) is 0 Å². The van der Waals surface area contributed by atoms with E-state index in [4.69, 9.17) is 14.6 Å². The molecule has 3 rings (SSSR count). The van der Waals surface area contributed by atoms with E-state index in [9.17, 15) is 13.8 Å². The molecule has 2 aromatic carbocycles. The number of pyridine rings is 1. The summed E-state index contributed by atoms with van der Waals surface area (Å²) in [5.74, 6) is 0.380. The molecular weight excluding hydrogens is 452 g/mol. The largest absolute Gasteiger partial charge is 0.481 e. The van der Waals surface area contributed by atoms with Crippen molar-refractivity contribution in [3.05, 3.63) is 83.4 Å². The minimum atomic E-state index is -3.19. The lowest BCUT2D eigenvalue weighted by Gasteiger charge is -2.18. The molecule has 0 spiro atoms. The average Bonchev–Trinajstić information content (AvgIpc) is 2.83. The summed E-state index contributed by atoms with van der Waals surface area (Å²) in [5.41, 5.74) is 4.90. The molecule has 0 saturated heterocycles. The van der Waals surface area contributed by atoms with Gasteiger partial charge < -0.3 is 9.63 Å². The molecule has 7 heteroatoms. The van der Waals surface area contributed by atoms with E-state index >= 15 is 0 Å². The summed E-state index contributed by atoms with van der Waals surface area (Å²) in [7, 11) is -1.82. The van der Waals surface area contributed by atoms with Crippen LogP contribution >= 0.6 is 7.37 Å². The molecule has 0 amide bonds. The van der Waals surface area contributed by atoms with Crippen LogP contribution in [0.2, 0.25) is 0 Å². The summed E-state index contributed by atoms with van der Waals surface area (Å²) in [5, 5.41) is 8.91. The van der Waals surface area contributed by atoms with Gasteiger partial charge in [0.15, 0.2) is 0 Å². The van der Waals surface area contributed by atoms with Gasteiger partial charge in [-0.1, -0.05) is 44.2 Å². The standard InChI is InChI=1S/C27H29FNO4P/c1-19(2)24-18-25(20-8-5-4-6-9-20)29-27(21-11-13-22(28)14-12-21)23(24)15-17-34(32,33-3)16-7-10-26(30)31/h4-6,8-9,11-15,17-19H,7,10,16H2,1-3H3,(H,30,31). The Morgan fingerprint density at radius 3 is 2.38 bits per heavy atom. The second-order valence-electron chi connectivity index (χ2n) is 8.33. The number of nitrogens with zero attached hydrogens (tertiary/aromatic N) is 1. The monoisotopic (exact) mass is 481 g/mol. The van der Waals surface area contributed by atoms with Crippen molar-refractivity contribution < 1.29 is 23.4 Å². The summed E-state index contributed by atoms with van der Waals surface area (Å²) in [6.45, 7) is 4.14. The van der Waals surface area contributed by atoms with Gasteiger partial charge in [-0.25, -0.2) is 9.37 Å². The van der Waals surface area contributed by atoms with E-state index in [1.807, 2.05) is 36.4 Å². The van der Waals surface area contributed by atoms with Gasteiger partial charge in [0, 0.05) is 42.2 Å². The first-order chi connectivity index (χ1) is 16.2. The van der Waals surface area contributed by atoms with Crippen LogP contribution in [0.1, 0.15) is 43.7 Å². The fraction of sp³-hybridized carbons (Fsp3) is 0.259. The summed E-state index contributed by atoms with van der Waals surface area (Å²) in [4.78, 5) is 15.8. The number of hydrogen-bond donors (Lipinski definition) is 1. The van der Waals surface area contributed by atoms with Crippen molar-refractivity contribution in [2.24, 2.45) is 0 Å². The van der Waals surface area contributed by atoms with Crippen molar-refractivity contribution >= 4 is 19.4 Å². The third-order valence-electron chi connectivity index (χ3n) is 5.54. The number of aliphatic carboxylic acids is 1. The second-order valence-corrected chi connectivity index (χ2v) is 10.9. The number of carboxylic acids is 1. The van der Waals surface area contributed by atoms with Gasteiger partial charge in [0.25, 0.3) is 0 Å². The SMILES string of the molecule is COP(=O)(C=Cc1c(C(C)C)cc(-c2ccccc2)nc1-c1ccc(F)cc1)CCCC(=O)O. The molecule has 178 valence electrons. The lowest BCUT2D eigenvalue weighted by Crippen LogP contribution is -2.01. The molecule has 1 N–H and O–H groups in total. The molecule has 0 aliphatic carbocycles. The van der Waals surface area contributed by atoms with Gasteiger partial charge in [-0.15, -0.1) is 0 Å². The summed E-state index contributed by atoms with van der Waals surface area (Å²) in [6.07, 6.45) is 2.05. The molecule has 0 aliphatic rings. The summed E-state index contributed by atoms with van der Waals surface area (Å²) >= 11 is 0. The van der Waals surface area contributed by atoms with Crippen molar-refractivity contribution in [3.8, 4) is 22.5 Å². The number of carbonyl (C=O) groups is 1. The second kappa shape index (κ2) is 11.4. The number of rotatable bonds is 10. The maximum atomic E-state index is 13.7. The molecular formula is C27H29FNO4P. The highest BCUT2D eigenvalue weighted by Gasteiger charge is 2.21. The highest BCUT2D eigenvalue weighted by molar-refractivity contribution is 7.62. The van der Waals surface area contributed by atoms with Gasteiger partial charge >= 0.3 is 5.97 Å². The molecule has 0 bridgehead atoms. The fourth-order valence-electron chi connectivity index (χ4n) is 3.68. The Hall–Kier alpha value is -3.08. The Bertz CT molecular complexity index is 1210. The highest BCUT2D eigenvalue weighted by Crippen LogP contribution is 2.49. The Kier molecular flexibility index (Phi) is 8.54. The molecule has 0 radical (unpaired) electrons. The smallest absolute Gasteiger partial charge is 0.303 e. The number of hydrogen-bond acceptors (Lipinski definition) is 4. The van der Waals surface area contributed by atoms with Gasteiger partial charge in [-0.3, -0.25) is 9.36 Å². The van der Waals surface area contributed by atoms with Crippen LogP contribution in [0.25, 0.3) is 28.6 Å². The van der Waals surface area contributed by atoms with E-state index in [0.29, 0.717) is 5.69 Å². The van der Waals surface area contributed by atoms with Crippen molar-refractivity contribution in [1.82, 2.24) is 4.98 Å². The Labute approximate surface area is 199 Å². The minimum absolute atomic E-state index is 0.0768. The average molecular weight is 482 g/mol. The van der Waals surface area contributed by atoms with Gasteiger partial charge in [-0.2, -0.15) is 0 Å². The molecule has 5 nitrogen and oxygen atoms in total. The van der Waals surface area contributed by atoms with E-state index in [2.05, 4.69) is 13.8 Å². The first-order valence-electron chi connectivity index (χ1n) is 11.1. The predicted molar refractivity (Wildman–Crippen MR) is 135 cm³/mol. The van der Waals surface area contributed by atoms with Crippen LogP contribution < -0.4 is 0 Å². The lowest BCUT2D eigenvalue weighted by atomic mass is 9.92. The van der Waals surface area contributed by atoms with Crippen LogP contribution in [-0.2, 0) is 13.9 Å². The number of benzene rings is 2. The van der Waals surface area contributed by atoms with Crippen LogP contribution in [0, 0.1) is 5.82 Å². The number of carboxylic acid groups (broad SMARTS) is 1. The van der Waals surface area contributed by atoms with Crippen molar-refractivity contribution in [3.63, 3.8) is 0 Å². The van der Waals surface area contributed by atoms with Crippen LogP contribution in [0.4, 0.5) is 4.39 Å². The molecule has 3 aromatic rings. The van der Waals surface area contributed by atoms with Gasteiger partial charge in [0.1, 0.15) is 5.82 Å². The van der Waals surface area contributed by atoms with Crippen molar-refractivity contribution in [2.75, 3.05) is 13.3 Å². The Balaban J connectivity index is 2.15. The molecule has 0 aliphatic heterocycles. The van der Waals surface area contributed by atoms with Gasteiger partial charge in [0.05, 0.1) is 11.4 Å². The normalized spacial score (nSPS) is 13.3. The molecule has 1 heterocycles. The van der Waals surface area contributed by atoms with E-state index in [-0.39, 0.29) is 30.7 Å². The lowest BCUT2D eigenvalue weighted by molar-refractivity contribution is -0.137. The van der Waals surface area contributed by atoms with Crippen LogP contribution in [0.15, 0.2) is 66.5 Å². The van der Waals surface area contributed by atoms with Crippen LogP contribution in [-0.4, -0.2) is 29.3 Å². The summed E-state index contributed by atoms with van der Waals surface area (Å²) in [6, 6.07) is 18.0. The minimum Gasteiger partial charge on any atom is -0.481 e. The quantitative estimate of drug-likeness (QED) is 0.305. The number of aromatic nitrogens is 1. The molecule has 1 unspecified atom stereocenters. The molecule has 1 atom stereocenters. The predicted octanol–water partition coefficient (Wildman–Crippen LogP) is 7.44. The third-order valence-corrected chi connectivity index (χ3v) is 7.70. The van der Waals surface area contributed by atoms with E-state index in [1.54, 1.807) is 18.2 Å². The maximum absolute atomic E-state index is 13.7. The van der Waals surface area contributed by atoms with E-state index in [1.165, 1.54) is 25.1 Å². The Morgan fingerprint density at radius 1 is 1.12 bits per heavy atom. The third kappa shape index (κ3) is 6.49. The molecule has 1 aromatic heterocycles. The zero-order valence-electron chi connectivity index (χ0n) is 19.6. The first kappa shape index (κ1) is 25.5. The maximum Gasteiger partial charge on any atom is 0.303 e. The first-order valence-corrected chi connectivity index (χ1v) is 13.0. The Morgan fingerprint density at radius 2 is 1.79 bits per heavy atom. The van der Waals surface area contributed by atoms with E-state index in [0.717, 1.165) is 27.9 Å². The van der Waals surface area contributed by atoms with Crippen molar-refractivity contribution in [2.45, 2.75) is 32.6 Å². The molecule has 0 fully saturated rings. The summed E-state index contributed by atoms with van der Waals surface area (Å²) < 4.78 is 32.2.